The lowest BCUT2D eigenvalue weighted by Gasteiger charge is -2.02. The Balaban J connectivity index is 2.32. The van der Waals surface area contributed by atoms with Crippen LogP contribution in [-0.2, 0) is 13.1 Å². The van der Waals surface area contributed by atoms with Crippen molar-refractivity contribution >= 4 is 0 Å². The SMILES string of the molecule is C=CCn1nnc(CN)c1C1CC1. The van der Waals surface area contributed by atoms with Crippen molar-refractivity contribution in [3.05, 3.63) is 24.0 Å². The Hall–Kier alpha value is -1.16. The summed E-state index contributed by atoms with van der Waals surface area (Å²) < 4.78 is 1.91. The van der Waals surface area contributed by atoms with Crippen molar-refractivity contribution in [1.82, 2.24) is 15.0 Å². The van der Waals surface area contributed by atoms with Crippen molar-refractivity contribution in [1.29, 1.82) is 0 Å². The van der Waals surface area contributed by atoms with E-state index in [1.54, 1.807) is 0 Å². The van der Waals surface area contributed by atoms with Gasteiger partial charge in [0.05, 0.1) is 17.9 Å². The minimum Gasteiger partial charge on any atom is -0.325 e. The van der Waals surface area contributed by atoms with E-state index in [0.717, 1.165) is 12.2 Å². The maximum atomic E-state index is 5.58. The first-order valence-corrected chi connectivity index (χ1v) is 4.60. The fourth-order valence-electron chi connectivity index (χ4n) is 1.56. The molecule has 1 heterocycles. The Bertz CT molecular complexity index is 311. The predicted molar refractivity (Wildman–Crippen MR) is 50.1 cm³/mol. The van der Waals surface area contributed by atoms with Crippen molar-refractivity contribution in [2.75, 3.05) is 0 Å². The van der Waals surface area contributed by atoms with Crippen LogP contribution in [0.25, 0.3) is 0 Å². The first kappa shape index (κ1) is 8.44. The zero-order chi connectivity index (χ0) is 9.26. The number of nitrogens with zero attached hydrogens (tertiary/aromatic N) is 3. The van der Waals surface area contributed by atoms with Gasteiger partial charge >= 0.3 is 0 Å². The summed E-state index contributed by atoms with van der Waals surface area (Å²) in [5, 5.41) is 8.11. The third-order valence-electron chi connectivity index (χ3n) is 2.31. The smallest absolute Gasteiger partial charge is 0.0997 e. The van der Waals surface area contributed by atoms with Crippen LogP contribution in [0.15, 0.2) is 12.7 Å². The van der Waals surface area contributed by atoms with Crippen molar-refractivity contribution in [3.63, 3.8) is 0 Å². The van der Waals surface area contributed by atoms with Crippen LogP contribution in [0.4, 0.5) is 0 Å². The summed E-state index contributed by atoms with van der Waals surface area (Å²) in [6.45, 7) is 4.92. The molecule has 2 rings (SSSR count). The van der Waals surface area contributed by atoms with Gasteiger partial charge in [0.25, 0.3) is 0 Å². The molecule has 0 atom stereocenters. The normalized spacial score (nSPS) is 16.1. The van der Waals surface area contributed by atoms with E-state index >= 15 is 0 Å². The van der Waals surface area contributed by atoms with Crippen LogP contribution in [-0.4, -0.2) is 15.0 Å². The minimum absolute atomic E-state index is 0.489. The maximum Gasteiger partial charge on any atom is 0.0997 e. The summed E-state index contributed by atoms with van der Waals surface area (Å²) in [5.41, 5.74) is 7.76. The topological polar surface area (TPSA) is 56.7 Å². The van der Waals surface area contributed by atoms with Gasteiger partial charge in [0.2, 0.25) is 0 Å². The van der Waals surface area contributed by atoms with Gasteiger partial charge in [-0.2, -0.15) is 0 Å². The van der Waals surface area contributed by atoms with E-state index in [1.165, 1.54) is 18.5 Å². The van der Waals surface area contributed by atoms with Gasteiger partial charge in [0.15, 0.2) is 0 Å². The second-order valence-electron chi connectivity index (χ2n) is 3.37. The summed E-state index contributed by atoms with van der Waals surface area (Å²) >= 11 is 0. The molecule has 1 aliphatic carbocycles. The fourth-order valence-corrected chi connectivity index (χ4v) is 1.56. The molecule has 0 radical (unpaired) electrons. The lowest BCUT2D eigenvalue weighted by Crippen LogP contribution is -2.05. The number of allylic oxidation sites excluding steroid dienone is 1. The summed E-state index contributed by atoms with van der Waals surface area (Å²) in [6, 6.07) is 0. The first-order chi connectivity index (χ1) is 6.36. The average Bonchev–Trinajstić information content (AvgIpc) is 2.89. The molecular formula is C9H14N4. The highest BCUT2D eigenvalue weighted by Gasteiger charge is 2.30. The highest BCUT2D eigenvalue weighted by molar-refractivity contribution is 5.20. The number of hydrogen-bond acceptors (Lipinski definition) is 3. The monoisotopic (exact) mass is 178 g/mol. The second-order valence-corrected chi connectivity index (χ2v) is 3.37. The van der Waals surface area contributed by atoms with Gasteiger partial charge < -0.3 is 5.73 Å². The molecule has 1 saturated carbocycles. The van der Waals surface area contributed by atoms with Crippen LogP contribution in [0.5, 0.6) is 0 Å². The zero-order valence-corrected chi connectivity index (χ0v) is 7.61. The molecule has 0 amide bonds. The van der Waals surface area contributed by atoms with Gasteiger partial charge in [0.1, 0.15) is 0 Å². The Morgan fingerprint density at radius 2 is 2.38 bits per heavy atom. The third-order valence-corrected chi connectivity index (χ3v) is 2.31. The molecule has 2 N–H and O–H groups in total. The van der Waals surface area contributed by atoms with E-state index in [-0.39, 0.29) is 0 Å². The molecule has 0 spiro atoms. The number of nitrogens with two attached hydrogens (primary N) is 1. The Labute approximate surface area is 77.4 Å². The van der Waals surface area contributed by atoms with Gasteiger partial charge in [0, 0.05) is 12.5 Å². The minimum atomic E-state index is 0.489. The van der Waals surface area contributed by atoms with E-state index < -0.39 is 0 Å². The van der Waals surface area contributed by atoms with Gasteiger partial charge in [-0.3, -0.25) is 0 Å². The molecule has 0 bridgehead atoms. The maximum absolute atomic E-state index is 5.58. The molecule has 0 saturated heterocycles. The molecule has 0 unspecified atom stereocenters. The van der Waals surface area contributed by atoms with Crippen LogP contribution in [0.3, 0.4) is 0 Å². The fraction of sp³-hybridized carbons (Fsp3) is 0.556. The van der Waals surface area contributed by atoms with Crippen LogP contribution < -0.4 is 5.73 Å². The molecule has 4 nitrogen and oxygen atoms in total. The Kier molecular flexibility index (Phi) is 2.14. The molecule has 13 heavy (non-hydrogen) atoms. The van der Waals surface area contributed by atoms with Crippen molar-refractivity contribution in [3.8, 4) is 0 Å². The van der Waals surface area contributed by atoms with E-state index in [9.17, 15) is 0 Å². The lowest BCUT2D eigenvalue weighted by atomic mass is 10.2. The van der Waals surface area contributed by atoms with Crippen LogP contribution >= 0.6 is 0 Å². The highest BCUT2D eigenvalue weighted by atomic mass is 15.4. The average molecular weight is 178 g/mol. The van der Waals surface area contributed by atoms with E-state index in [4.69, 9.17) is 5.73 Å². The largest absolute Gasteiger partial charge is 0.325 e. The quantitative estimate of drug-likeness (QED) is 0.694. The van der Waals surface area contributed by atoms with Crippen molar-refractivity contribution in [2.24, 2.45) is 5.73 Å². The summed E-state index contributed by atoms with van der Waals surface area (Å²) in [6.07, 6.45) is 4.33. The Morgan fingerprint density at radius 3 is 2.92 bits per heavy atom. The predicted octanol–water partition coefficient (Wildman–Crippen LogP) is 0.800. The number of aromatic nitrogens is 3. The van der Waals surface area contributed by atoms with Gasteiger partial charge in [-0.25, -0.2) is 4.68 Å². The molecule has 1 aromatic rings. The zero-order valence-electron chi connectivity index (χ0n) is 7.61. The third kappa shape index (κ3) is 1.49. The molecule has 0 aliphatic heterocycles. The lowest BCUT2D eigenvalue weighted by molar-refractivity contribution is 0.631. The first-order valence-electron chi connectivity index (χ1n) is 4.60. The Morgan fingerprint density at radius 1 is 1.62 bits per heavy atom. The molecule has 4 heteroatoms. The van der Waals surface area contributed by atoms with E-state index in [2.05, 4.69) is 16.9 Å². The van der Waals surface area contributed by atoms with Crippen LogP contribution in [0, 0.1) is 0 Å². The number of rotatable bonds is 4. The summed E-state index contributed by atoms with van der Waals surface area (Å²) in [4.78, 5) is 0. The summed E-state index contributed by atoms with van der Waals surface area (Å²) in [7, 11) is 0. The molecular weight excluding hydrogens is 164 g/mol. The van der Waals surface area contributed by atoms with Crippen molar-refractivity contribution < 1.29 is 0 Å². The van der Waals surface area contributed by atoms with Gasteiger partial charge in [-0.1, -0.05) is 11.3 Å². The van der Waals surface area contributed by atoms with Crippen LogP contribution in [0.1, 0.15) is 30.1 Å². The standard InChI is InChI=1S/C9H14N4/c1-2-5-13-9(7-3-4-7)8(6-10)11-12-13/h2,7H,1,3-6,10H2. The van der Waals surface area contributed by atoms with E-state index in [1.807, 2.05) is 10.8 Å². The highest BCUT2D eigenvalue weighted by Crippen LogP contribution is 2.40. The summed E-state index contributed by atoms with van der Waals surface area (Å²) in [5.74, 6) is 0.647. The van der Waals surface area contributed by atoms with Crippen LogP contribution in [0.2, 0.25) is 0 Å². The molecule has 1 aliphatic rings. The molecule has 1 aromatic heterocycles. The van der Waals surface area contributed by atoms with E-state index in [0.29, 0.717) is 12.5 Å². The van der Waals surface area contributed by atoms with Crippen molar-refractivity contribution in [2.45, 2.75) is 31.8 Å². The van der Waals surface area contributed by atoms with Gasteiger partial charge in [-0.05, 0) is 12.8 Å². The second kappa shape index (κ2) is 3.30. The molecule has 1 fully saturated rings. The number of hydrogen-bond donors (Lipinski definition) is 1. The molecule has 70 valence electrons. The molecule has 0 aromatic carbocycles. The van der Waals surface area contributed by atoms with Gasteiger partial charge in [-0.15, -0.1) is 11.7 Å².